The van der Waals surface area contributed by atoms with E-state index in [2.05, 4.69) is 12.1 Å². The first-order valence-corrected chi connectivity index (χ1v) is 12.2. The second-order valence-corrected chi connectivity index (χ2v) is 10.4. The molecule has 1 amide bonds. The van der Waals surface area contributed by atoms with E-state index in [-0.39, 0.29) is 23.5 Å². The number of amides is 1. The molecule has 4 rings (SSSR count). The van der Waals surface area contributed by atoms with Gasteiger partial charge in [-0.25, -0.2) is 12.7 Å². The van der Waals surface area contributed by atoms with Crippen LogP contribution in [0.5, 0.6) is 0 Å². The number of likely N-dealkylation sites (tertiary alicyclic amines) is 1. The van der Waals surface area contributed by atoms with Gasteiger partial charge in [0, 0.05) is 26.2 Å². The normalized spacial score (nSPS) is 24.2. The molecule has 0 N–H and O–H groups in total. The van der Waals surface area contributed by atoms with Crippen LogP contribution in [-0.4, -0.2) is 68.2 Å². The van der Waals surface area contributed by atoms with Crippen LogP contribution in [0.25, 0.3) is 0 Å². The molecule has 1 aliphatic carbocycles. The number of hydrogen-bond acceptors (Lipinski definition) is 4. The van der Waals surface area contributed by atoms with Gasteiger partial charge in [-0.3, -0.25) is 4.79 Å². The van der Waals surface area contributed by atoms with Gasteiger partial charge >= 0.3 is 0 Å². The maximum absolute atomic E-state index is 13.1. The maximum Gasteiger partial charge on any atom is 0.233 e. The first kappa shape index (κ1) is 19.9. The largest absolute Gasteiger partial charge is 0.375 e. The molecule has 0 bridgehead atoms. The van der Waals surface area contributed by atoms with E-state index in [1.807, 2.05) is 23.1 Å². The fourth-order valence-electron chi connectivity index (χ4n) is 4.58. The molecule has 0 radical (unpaired) electrons. The lowest BCUT2D eigenvalue weighted by atomic mass is 9.93. The Morgan fingerprint density at radius 1 is 0.964 bits per heavy atom. The van der Waals surface area contributed by atoms with Crippen molar-refractivity contribution in [2.24, 2.45) is 0 Å². The Bertz CT molecular complexity index is 791. The smallest absolute Gasteiger partial charge is 0.233 e. The zero-order valence-electron chi connectivity index (χ0n) is 16.5. The van der Waals surface area contributed by atoms with Crippen molar-refractivity contribution in [1.82, 2.24) is 9.21 Å². The molecule has 154 valence electrons. The molecule has 3 fully saturated rings. The van der Waals surface area contributed by atoms with Gasteiger partial charge in [-0.05, 0) is 44.1 Å². The van der Waals surface area contributed by atoms with Gasteiger partial charge < -0.3 is 9.64 Å². The summed E-state index contributed by atoms with van der Waals surface area (Å²) < 4.78 is 31.0. The zero-order chi connectivity index (χ0) is 19.8. The predicted octanol–water partition coefficient (Wildman–Crippen LogP) is 2.15. The quantitative estimate of drug-likeness (QED) is 0.752. The number of carbonyl (C=O) groups excluding carboxylic acids is 1. The number of benzene rings is 1. The Hall–Kier alpha value is -1.44. The number of rotatable bonds is 5. The monoisotopic (exact) mass is 406 g/mol. The van der Waals surface area contributed by atoms with E-state index < -0.39 is 10.0 Å². The highest BCUT2D eigenvalue weighted by Crippen LogP contribution is 2.49. The molecule has 2 heterocycles. The standard InChI is InChI=1S/C21H30N2O4S/c1-28(25,26)23-15-9-19(10-16-23)27-18-7-13-22(14-8-18)20(24)21(11-12-21)17-5-3-2-4-6-17/h2-6,18-19H,7-16H2,1H3. The van der Waals surface area contributed by atoms with Crippen LogP contribution >= 0.6 is 0 Å². The van der Waals surface area contributed by atoms with Gasteiger partial charge in [0.1, 0.15) is 0 Å². The molecule has 1 aromatic carbocycles. The Balaban J connectivity index is 1.26. The molecule has 0 spiro atoms. The number of carbonyl (C=O) groups is 1. The fraction of sp³-hybridized carbons (Fsp3) is 0.667. The molecule has 0 unspecified atom stereocenters. The summed E-state index contributed by atoms with van der Waals surface area (Å²) in [5.74, 6) is 0.276. The summed E-state index contributed by atoms with van der Waals surface area (Å²) in [5.41, 5.74) is 0.865. The zero-order valence-corrected chi connectivity index (χ0v) is 17.4. The molecule has 1 saturated carbocycles. The number of sulfonamides is 1. The van der Waals surface area contributed by atoms with Crippen molar-refractivity contribution in [3.63, 3.8) is 0 Å². The lowest BCUT2D eigenvalue weighted by molar-refractivity contribution is -0.137. The third-order valence-electron chi connectivity index (χ3n) is 6.47. The van der Waals surface area contributed by atoms with E-state index in [1.165, 1.54) is 10.6 Å². The SMILES string of the molecule is CS(=O)(=O)N1CCC(OC2CCN(C(=O)C3(c4ccccc4)CC3)CC2)CC1. The summed E-state index contributed by atoms with van der Waals surface area (Å²) in [6, 6.07) is 10.2. The van der Waals surface area contributed by atoms with Gasteiger partial charge in [0.15, 0.2) is 0 Å². The second-order valence-electron chi connectivity index (χ2n) is 8.44. The molecular weight excluding hydrogens is 376 g/mol. The van der Waals surface area contributed by atoms with Crippen LogP contribution in [0.1, 0.15) is 44.1 Å². The van der Waals surface area contributed by atoms with Crippen molar-refractivity contribution in [3.05, 3.63) is 35.9 Å². The molecule has 6 nitrogen and oxygen atoms in total. The van der Waals surface area contributed by atoms with Gasteiger partial charge in [-0.1, -0.05) is 30.3 Å². The minimum Gasteiger partial charge on any atom is -0.375 e. The number of hydrogen-bond donors (Lipinski definition) is 0. The first-order chi connectivity index (χ1) is 13.4. The Morgan fingerprint density at radius 3 is 2.00 bits per heavy atom. The van der Waals surface area contributed by atoms with Crippen LogP contribution in [0.4, 0.5) is 0 Å². The summed E-state index contributed by atoms with van der Waals surface area (Å²) in [5, 5.41) is 0. The minimum absolute atomic E-state index is 0.129. The van der Waals surface area contributed by atoms with Crippen LogP contribution < -0.4 is 0 Å². The van der Waals surface area contributed by atoms with Crippen LogP contribution in [0, 0.1) is 0 Å². The summed E-state index contributed by atoms with van der Waals surface area (Å²) in [6.07, 6.45) is 6.70. The van der Waals surface area contributed by atoms with Crippen LogP contribution in [0.15, 0.2) is 30.3 Å². The molecule has 7 heteroatoms. The van der Waals surface area contributed by atoms with E-state index in [9.17, 15) is 13.2 Å². The molecule has 3 aliphatic rings. The lowest BCUT2D eigenvalue weighted by Crippen LogP contribution is -2.47. The van der Waals surface area contributed by atoms with Crippen molar-refractivity contribution >= 4 is 15.9 Å². The third-order valence-corrected chi connectivity index (χ3v) is 7.77. The number of piperidine rings is 2. The van der Waals surface area contributed by atoms with Gasteiger partial charge in [0.2, 0.25) is 15.9 Å². The van der Waals surface area contributed by atoms with E-state index in [0.29, 0.717) is 13.1 Å². The summed E-state index contributed by atoms with van der Waals surface area (Å²) in [4.78, 5) is 15.2. The highest BCUT2D eigenvalue weighted by Gasteiger charge is 2.53. The van der Waals surface area contributed by atoms with Gasteiger partial charge in [-0.15, -0.1) is 0 Å². The highest BCUT2D eigenvalue weighted by atomic mass is 32.2. The minimum atomic E-state index is -3.10. The molecule has 2 saturated heterocycles. The lowest BCUT2D eigenvalue weighted by Gasteiger charge is -2.37. The van der Waals surface area contributed by atoms with E-state index in [1.54, 1.807) is 0 Å². The Morgan fingerprint density at radius 2 is 1.50 bits per heavy atom. The maximum atomic E-state index is 13.1. The second kappa shape index (κ2) is 7.76. The Labute approximate surface area is 167 Å². The van der Waals surface area contributed by atoms with Crippen molar-refractivity contribution in [2.45, 2.75) is 56.1 Å². The highest BCUT2D eigenvalue weighted by molar-refractivity contribution is 7.88. The van der Waals surface area contributed by atoms with Gasteiger partial charge in [-0.2, -0.15) is 0 Å². The van der Waals surface area contributed by atoms with E-state index >= 15 is 0 Å². The van der Waals surface area contributed by atoms with Crippen molar-refractivity contribution in [3.8, 4) is 0 Å². The van der Waals surface area contributed by atoms with Crippen LogP contribution in [0.2, 0.25) is 0 Å². The summed E-state index contributed by atoms with van der Waals surface area (Å²) in [7, 11) is -3.10. The molecular formula is C21H30N2O4S. The average molecular weight is 407 g/mol. The fourth-order valence-corrected chi connectivity index (χ4v) is 5.45. The number of nitrogens with zero attached hydrogens (tertiary/aromatic N) is 2. The first-order valence-electron chi connectivity index (χ1n) is 10.3. The molecule has 1 aromatic rings. The predicted molar refractivity (Wildman–Crippen MR) is 107 cm³/mol. The Kier molecular flexibility index (Phi) is 5.51. The van der Waals surface area contributed by atoms with Crippen molar-refractivity contribution < 1.29 is 17.9 Å². The van der Waals surface area contributed by atoms with E-state index in [4.69, 9.17) is 4.74 Å². The third kappa shape index (κ3) is 4.11. The van der Waals surface area contributed by atoms with Crippen LogP contribution in [0.3, 0.4) is 0 Å². The molecule has 0 aromatic heterocycles. The molecule has 2 aliphatic heterocycles. The summed E-state index contributed by atoms with van der Waals surface area (Å²) >= 11 is 0. The van der Waals surface area contributed by atoms with Crippen LogP contribution in [-0.2, 0) is 25.0 Å². The molecule has 28 heavy (non-hydrogen) atoms. The van der Waals surface area contributed by atoms with E-state index in [0.717, 1.165) is 57.2 Å². The number of ether oxygens (including phenoxy) is 1. The van der Waals surface area contributed by atoms with Crippen molar-refractivity contribution in [1.29, 1.82) is 0 Å². The topological polar surface area (TPSA) is 66.9 Å². The summed E-state index contributed by atoms with van der Waals surface area (Å²) in [6.45, 7) is 2.58. The average Bonchev–Trinajstić information content (AvgIpc) is 3.51. The van der Waals surface area contributed by atoms with Gasteiger partial charge in [0.05, 0.1) is 23.9 Å². The molecule has 0 atom stereocenters. The van der Waals surface area contributed by atoms with Crippen molar-refractivity contribution in [2.75, 3.05) is 32.4 Å². The van der Waals surface area contributed by atoms with Gasteiger partial charge in [0.25, 0.3) is 0 Å².